The molecule has 48 heavy (non-hydrogen) atoms. The largest absolute Gasteiger partial charge is 0.496 e. The van der Waals surface area contributed by atoms with Crippen molar-refractivity contribution in [2.24, 2.45) is 0 Å². The molecule has 0 spiro atoms. The van der Waals surface area contributed by atoms with E-state index in [9.17, 15) is 9.59 Å². The highest BCUT2D eigenvalue weighted by atomic mass is 35.5. The van der Waals surface area contributed by atoms with E-state index in [0.29, 0.717) is 55.6 Å². The van der Waals surface area contributed by atoms with Crippen LogP contribution in [0.3, 0.4) is 0 Å². The first kappa shape index (κ1) is 33.4. The Morgan fingerprint density at radius 3 is 2.15 bits per heavy atom. The monoisotopic (exact) mass is 668 g/mol. The molecule has 2 atom stereocenters. The number of benzene rings is 2. The summed E-state index contributed by atoms with van der Waals surface area (Å²) in [6.45, 7) is 4.65. The van der Waals surface area contributed by atoms with Crippen LogP contribution in [0.25, 0.3) is 33.6 Å². The first-order chi connectivity index (χ1) is 23.3. The van der Waals surface area contributed by atoms with Gasteiger partial charge in [-0.1, -0.05) is 48.0 Å². The molecule has 2 amide bonds. The van der Waals surface area contributed by atoms with E-state index >= 15 is 0 Å². The van der Waals surface area contributed by atoms with Crippen LogP contribution in [0.5, 0.6) is 11.6 Å². The number of nitrogens with one attached hydrogen (secondary N) is 4. The first-order valence-electron chi connectivity index (χ1n) is 16.3. The lowest BCUT2D eigenvalue weighted by Crippen LogP contribution is -2.35. The van der Waals surface area contributed by atoms with Crippen molar-refractivity contribution in [1.82, 2.24) is 31.2 Å². The molecule has 10 nitrogen and oxygen atoms in total. The Morgan fingerprint density at radius 2 is 1.50 bits per heavy atom. The second kappa shape index (κ2) is 15.1. The lowest BCUT2D eigenvalue weighted by molar-refractivity contribution is -0.120. The van der Waals surface area contributed by atoms with Crippen LogP contribution in [0.4, 0.5) is 0 Å². The minimum atomic E-state index is 0.106. The molecular weight excluding hydrogens is 628 g/mol. The topological polar surface area (TPSA) is 126 Å². The number of pyridine rings is 2. The first-order valence-corrected chi connectivity index (χ1v) is 16.7. The zero-order valence-electron chi connectivity index (χ0n) is 27.5. The molecular formula is C37H41ClN6O4. The highest BCUT2D eigenvalue weighted by Crippen LogP contribution is 2.40. The quantitative estimate of drug-likeness (QED) is 0.153. The van der Waals surface area contributed by atoms with Gasteiger partial charge in [-0.3, -0.25) is 14.6 Å². The Kier molecular flexibility index (Phi) is 10.5. The summed E-state index contributed by atoms with van der Waals surface area (Å²) < 4.78 is 11.4. The Hall–Kier alpha value is -4.51. The van der Waals surface area contributed by atoms with Gasteiger partial charge in [-0.05, 0) is 49.1 Å². The number of hydrogen-bond acceptors (Lipinski definition) is 8. The van der Waals surface area contributed by atoms with Gasteiger partial charge in [0.2, 0.25) is 17.7 Å². The molecule has 4 N–H and O–H groups in total. The maximum atomic E-state index is 11.5. The number of halogens is 1. The van der Waals surface area contributed by atoms with Crippen LogP contribution < -0.4 is 30.7 Å². The average molecular weight is 669 g/mol. The normalized spacial score (nSPS) is 17.3. The third kappa shape index (κ3) is 7.46. The number of carbonyl (C=O) groups is 2. The molecule has 4 aromatic rings. The van der Waals surface area contributed by atoms with Gasteiger partial charge in [0, 0.05) is 85.1 Å². The van der Waals surface area contributed by atoms with Crippen molar-refractivity contribution in [2.75, 3.05) is 27.3 Å². The molecule has 2 fully saturated rings. The van der Waals surface area contributed by atoms with Gasteiger partial charge in [0.05, 0.1) is 30.6 Å². The summed E-state index contributed by atoms with van der Waals surface area (Å²) in [6.07, 6.45) is 4.67. The highest BCUT2D eigenvalue weighted by molar-refractivity contribution is 6.36. The van der Waals surface area contributed by atoms with Crippen LogP contribution in [0.1, 0.15) is 42.4 Å². The van der Waals surface area contributed by atoms with Crippen molar-refractivity contribution < 1.29 is 19.1 Å². The molecule has 6 rings (SSSR count). The number of aromatic nitrogens is 2. The van der Waals surface area contributed by atoms with Crippen LogP contribution >= 0.6 is 11.6 Å². The van der Waals surface area contributed by atoms with E-state index in [4.69, 9.17) is 31.0 Å². The molecule has 4 heterocycles. The molecule has 2 saturated heterocycles. The Bertz CT molecular complexity index is 1680. The fourth-order valence-electron chi connectivity index (χ4n) is 6.45. The van der Waals surface area contributed by atoms with Crippen LogP contribution in [0, 0.1) is 6.92 Å². The molecule has 2 aromatic heterocycles. The van der Waals surface area contributed by atoms with E-state index in [1.54, 1.807) is 20.4 Å². The number of nitrogens with zero attached hydrogens (tertiary/aromatic N) is 2. The predicted octanol–water partition coefficient (Wildman–Crippen LogP) is 5.19. The van der Waals surface area contributed by atoms with Gasteiger partial charge in [-0.15, -0.1) is 0 Å². The minimum Gasteiger partial charge on any atom is -0.496 e. The van der Waals surface area contributed by atoms with Crippen molar-refractivity contribution in [3.05, 3.63) is 82.5 Å². The standard InChI is InChI=1S/C37H41ClN6O4/c1-22-28(15-16-41-36(22)23-7-8-24(32(17-23)47-2)18-39-20-26-10-13-33(45)42-26)29-5-4-6-30(35(29)38)31-12-9-25(37(44-31)48-3)19-40-21-27-11-14-34(46)43-27/h4-9,12,15-17,26-27,39-40H,10-11,13-14,18-21H2,1-3H3,(H,42,45)(H,43,46)/t26-,27+/m0/s1. The molecule has 0 radical (unpaired) electrons. The second-order valence-corrected chi connectivity index (χ2v) is 12.6. The summed E-state index contributed by atoms with van der Waals surface area (Å²) in [6, 6.07) is 18.3. The molecule has 0 unspecified atom stereocenters. The van der Waals surface area contributed by atoms with Gasteiger partial charge in [-0.25, -0.2) is 4.98 Å². The summed E-state index contributed by atoms with van der Waals surface area (Å²) in [5.74, 6) is 1.52. The molecule has 2 aliphatic heterocycles. The molecule has 2 aromatic carbocycles. The van der Waals surface area contributed by atoms with Crippen LogP contribution in [0.15, 0.2) is 60.8 Å². The molecule has 250 valence electrons. The summed E-state index contributed by atoms with van der Waals surface area (Å²) in [7, 11) is 3.28. The van der Waals surface area contributed by atoms with E-state index < -0.39 is 0 Å². The van der Waals surface area contributed by atoms with E-state index in [2.05, 4.69) is 40.3 Å². The van der Waals surface area contributed by atoms with Crippen LogP contribution in [0.2, 0.25) is 5.02 Å². The zero-order valence-corrected chi connectivity index (χ0v) is 28.2. The average Bonchev–Trinajstić information content (AvgIpc) is 3.72. The molecule has 0 aliphatic carbocycles. The summed E-state index contributed by atoms with van der Waals surface area (Å²) in [4.78, 5) is 32.6. The van der Waals surface area contributed by atoms with Crippen LogP contribution in [-0.4, -0.2) is 61.2 Å². The molecule has 11 heteroatoms. The molecule has 0 saturated carbocycles. The predicted molar refractivity (Wildman–Crippen MR) is 187 cm³/mol. The summed E-state index contributed by atoms with van der Waals surface area (Å²) in [5, 5.41) is 13.4. The number of methoxy groups -OCH3 is 2. The highest BCUT2D eigenvalue weighted by Gasteiger charge is 2.22. The molecule has 2 aliphatic rings. The van der Waals surface area contributed by atoms with Gasteiger partial charge in [-0.2, -0.15) is 0 Å². The maximum Gasteiger partial charge on any atom is 0.220 e. The van der Waals surface area contributed by atoms with Gasteiger partial charge >= 0.3 is 0 Å². The van der Waals surface area contributed by atoms with Crippen LogP contribution in [-0.2, 0) is 22.7 Å². The van der Waals surface area contributed by atoms with Gasteiger partial charge < -0.3 is 30.7 Å². The maximum absolute atomic E-state index is 11.5. The Morgan fingerprint density at radius 1 is 0.833 bits per heavy atom. The number of amides is 2. The van der Waals surface area contributed by atoms with E-state index in [-0.39, 0.29) is 23.9 Å². The fourth-order valence-corrected chi connectivity index (χ4v) is 6.77. The number of hydrogen-bond donors (Lipinski definition) is 4. The lowest BCUT2D eigenvalue weighted by Gasteiger charge is -2.17. The number of carbonyl (C=O) groups excluding carboxylic acids is 2. The summed E-state index contributed by atoms with van der Waals surface area (Å²) >= 11 is 7.13. The fraction of sp³-hybridized carbons (Fsp3) is 0.351. The molecule has 0 bridgehead atoms. The van der Waals surface area contributed by atoms with E-state index in [1.165, 1.54) is 0 Å². The minimum absolute atomic E-state index is 0.106. The van der Waals surface area contributed by atoms with Crippen molar-refractivity contribution >= 4 is 23.4 Å². The summed E-state index contributed by atoms with van der Waals surface area (Å²) in [5.41, 5.74) is 8.09. The van der Waals surface area contributed by atoms with Gasteiger partial charge in [0.1, 0.15) is 5.75 Å². The van der Waals surface area contributed by atoms with Crippen molar-refractivity contribution in [2.45, 2.75) is 57.8 Å². The second-order valence-electron chi connectivity index (χ2n) is 12.3. The lowest BCUT2D eigenvalue weighted by atomic mass is 9.94. The Labute approximate surface area is 286 Å². The third-order valence-corrected chi connectivity index (χ3v) is 9.45. The van der Waals surface area contributed by atoms with E-state index in [1.807, 2.05) is 42.5 Å². The van der Waals surface area contributed by atoms with Gasteiger partial charge in [0.25, 0.3) is 0 Å². The SMILES string of the molecule is COc1cc(-c2nccc(-c3cccc(-c4ccc(CNC[C@H]5CCC(=O)N5)c(OC)n4)c3Cl)c2C)ccc1CNC[C@@H]1CCC(=O)N1. The van der Waals surface area contributed by atoms with Crippen molar-refractivity contribution in [3.63, 3.8) is 0 Å². The van der Waals surface area contributed by atoms with Crippen molar-refractivity contribution in [3.8, 4) is 45.3 Å². The smallest absolute Gasteiger partial charge is 0.220 e. The van der Waals surface area contributed by atoms with Crippen molar-refractivity contribution in [1.29, 1.82) is 0 Å². The van der Waals surface area contributed by atoms with Gasteiger partial charge in [0.15, 0.2) is 0 Å². The number of rotatable bonds is 13. The number of ether oxygens (including phenoxy) is 2. The van der Waals surface area contributed by atoms with E-state index in [0.717, 1.165) is 63.2 Å². The third-order valence-electron chi connectivity index (χ3n) is 9.04. The zero-order chi connectivity index (χ0) is 33.6. The Balaban J connectivity index is 1.20.